The van der Waals surface area contributed by atoms with Crippen LogP contribution in [0, 0.1) is 0 Å². The van der Waals surface area contributed by atoms with Gasteiger partial charge in [-0.25, -0.2) is 0 Å². The van der Waals surface area contributed by atoms with Crippen molar-refractivity contribution in [2.45, 2.75) is 0 Å². The predicted octanol–water partition coefficient (Wildman–Crippen LogP) is 2.97. The zero-order valence-electron chi connectivity index (χ0n) is 10.4. The third-order valence-electron chi connectivity index (χ3n) is 2.84. The summed E-state index contributed by atoms with van der Waals surface area (Å²) in [5, 5.41) is 2.58. The molecule has 2 rings (SSSR count). The number of hydrogen-bond donors (Lipinski definition) is 0. The topological polar surface area (TPSA) is 6.48 Å². The van der Waals surface area contributed by atoms with Gasteiger partial charge in [0.25, 0.3) is 0 Å². The van der Waals surface area contributed by atoms with Crippen molar-refractivity contribution in [3.8, 4) is 0 Å². The molecule has 0 aromatic heterocycles. The zero-order chi connectivity index (χ0) is 11.7. The maximum Gasteiger partial charge on any atom is 0.0367 e. The Labute approximate surface area is 97.1 Å². The lowest BCUT2D eigenvalue weighted by molar-refractivity contribution is 1.13. The molecule has 0 saturated heterocycles. The van der Waals surface area contributed by atoms with Gasteiger partial charge in [-0.05, 0) is 35.0 Å². The molecule has 0 aliphatic heterocycles. The zero-order valence-corrected chi connectivity index (χ0v) is 10.4. The van der Waals surface area contributed by atoms with Gasteiger partial charge in [0.1, 0.15) is 0 Å². The summed E-state index contributed by atoms with van der Waals surface area (Å²) in [7, 11) is 8.26. The molecular formula is C14H18N2. The molecule has 0 N–H and O–H groups in total. The highest BCUT2D eigenvalue weighted by Gasteiger charge is 2.00. The summed E-state index contributed by atoms with van der Waals surface area (Å²) < 4.78 is 0. The molecule has 0 fully saturated rings. The van der Waals surface area contributed by atoms with Crippen LogP contribution in [0.3, 0.4) is 0 Å². The fraction of sp³-hybridized carbons (Fsp3) is 0.286. The molecule has 2 aromatic carbocycles. The molecular weight excluding hydrogens is 196 g/mol. The fourth-order valence-electron chi connectivity index (χ4n) is 1.78. The summed E-state index contributed by atoms with van der Waals surface area (Å²) in [6.45, 7) is 0. The molecule has 2 aromatic rings. The van der Waals surface area contributed by atoms with Crippen LogP contribution in [0.15, 0.2) is 36.4 Å². The maximum absolute atomic E-state index is 2.22. The van der Waals surface area contributed by atoms with Crippen molar-refractivity contribution in [2.24, 2.45) is 0 Å². The number of rotatable bonds is 2. The van der Waals surface area contributed by atoms with E-state index in [9.17, 15) is 0 Å². The Kier molecular flexibility index (Phi) is 2.73. The fourth-order valence-corrected chi connectivity index (χ4v) is 1.78. The van der Waals surface area contributed by atoms with Crippen molar-refractivity contribution in [1.82, 2.24) is 0 Å². The first-order valence-electron chi connectivity index (χ1n) is 5.46. The minimum absolute atomic E-state index is 1.24. The van der Waals surface area contributed by atoms with Crippen molar-refractivity contribution >= 4 is 22.1 Å². The van der Waals surface area contributed by atoms with Crippen LogP contribution in [0.4, 0.5) is 11.4 Å². The average molecular weight is 214 g/mol. The van der Waals surface area contributed by atoms with Crippen LogP contribution in [-0.2, 0) is 0 Å². The van der Waals surface area contributed by atoms with Gasteiger partial charge in [-0.1, -0.05) is 12.1 Å². The summed E-state index contributed by atoms with van der Waals surface area (Å²) in [6, 6.07) is 13.1. The van der Waals surface area contributed by atoms with Gasteiger partial charge >= 0.3 is 0 Å². The molecule has 0 amide bonds. The molecule has 0 heterocycles. The maximum atomic E-state index is 2.22. The molecule has 84 valence electrons. The second kappa shape index (κ2) is 4.05. The molecule has 0 radical (unpaired) electrons. The van der Waals surface area contributed by atoms with Crippen molar-refractivity contribution in [3.63, 3.8) is 0 Å². The Balaban J connectivity index is 2.53. The van der Waals surface area contributed by atoms with Gasteiger partial charge < -0.3 is 9.80 Å². The number of fused-ring (bicyclic) bond motifs is 1. The largest absolute Gasteiger partial charge is 0.378 e. The highest BCUT2D eigenvalue weighted by Crippen LogP contribution is 2.24. The SMILES string of the molecule is CN(C)c1ccc2cc(N(C)C)ccc2c1. The molecule has 0 unspecified atom stereocenters. The second-order valence-electron chi connectivity index (χ2n) is 4.50. The Morgan fingerprint density at radius 1 is 0.625 bits per heavy atom. The number of nitrogens with zero attached hydrogens (tertiary/aromatic N) is 2. The van der Waals surface area contributed by atoms with E-state index in [0.29, 0.717) is 0 Å². The molecule has 0 aliphatic rings. The number of anilines is 2. The van der Waals surface area contributed by atoms with E-state index in [1.165, 1.54) is 22.1 Å². The lowest BCUT2D eigenvalue weighted by Gasteiger charge is -2.15. The summed E-state index contributed by atoms with van der Waals surface area (Å²) >= 11 is 0. The molecule has 2 nitrogen and oxygen atoms in total. The highest BCUT2D eigenvalue weighted by molar-refractivity contribution is 5.88. The Bertz CT molecular complexity index is 454. The molecule has 2 heteroatoms. The first-order valence-corrected chi connectivity index (χ1v) is 5.46. The van der Waals surface area contributed by atoms with Gasteiger partial charge in [0.15, 0.2) is 0 Å². The molecule has 0 atom stereocenters. The van der Waals surface area contributed by atoms with Gasteiger partial charge in [-0.2, -0.15) is 0 Å². The number of hydrogen-bond acceptors (Lipinski definition) is 2. The first-order chi connectivity index (χ1) is 7.58. The lowest BCUT2D eigenvalue weighted by atomic mass is 10.1. The van der Waals surface area contributed by atoms with E-state index in [1.807, 2.05) is 0 Å². The second-order valence-corrected chi connectivity index (χ2v) is 4.50. The van der Waals surface area contributed by atoms with E-state index >= 15 is 0 Å². The van der Waals surface area contributed by atoms with Crippen molar-refractivity contribution < 1.29 is 0 Å². The summed E-state index contributed by atoms with van der Waals surface area (Å²) in [6.07, 6.45) is 0. The summed E-state index contributed by atoms with van der Waals surface area (Å²) in [5.41, 5.74) is 2.48. The quantitative estimate of drug-likeness (QED) is 0.758. The van der Waals surface area contributed by atoms with Crippen molar-refractivity contribution in [2.75, 3.05) is 38.0 Å². The van der Waals surface area contributed by atoms with Crippen LogP contribution in [0.5, 0.6) is 0 Å². The van der Waals surface area contributed by atoms with E-state index < -0.39 is 0 Å². The first kappa shape index (κ1) is 10.8. The normalized spacial score (nSPS) is 10.5. The van der Waals surface area contributed by atoms with Gasteiger partial charge in [-0.15, -0.1) is 0 Å². The van der Waals surface area contributed by atoms with Gasteiger partial charge in [-0.3, -0.25) is 0 Å². The predicted molar refractivity (Wildman–Crippen MR) is 72.6 cm³/mol. The smallest absolute Gasteiger partial charge is 0.0367 e. The Hall–Kier alpha value is -1.70. The monoisotopic (exact) mass is 214 g/mol. The Morgan fingerprint density at radius 3 is 1.31 bits per heavy atom. The van der Waals surface area contributed by atoms with Crippen molar-refractivity contribution in [1.29, 1.82) is 0 Å². The molecule has 16 heavy (non-hydrogen) atoms. The van der Waals surface area contributed by atoms with Crippen LogP contribution in [-0.4, -0.2) is 28.2 Å². The van der Waals surface area contributed by atoms with E-state index in [-0.39, 0.29) is 0 Å². The number of benzene rings is 2. The van der Waals surface area contributed by atoms with Gasteiger partial charge in [0.05, 0.1) is 0 Å². The van der Waals surface area contributed by atoms with E-state index in [4.69, 9.17) is 0 Å². The molecule has 0 spiro atoms. The van der Waals surface area contributed by atoms with Gasteiger partial charge in [0, 0.05) is 39.6 Å². The van der Waals surface area contributed by atoms with Crippen LogP contribution in [0.25, 0.3) is 10.8 Å². The van der Waals surface area contributed by atoms with E-state index in [2.05, 4.69) is 74.4 Å². The standard InChI is InChI=1S/C14H18N2/c1-15(2)13-7-5-12-10-14(16(3)4)8-6-11(12)9-13/h5-10H,1-4H3. The van der Waals surface area contributed by atoms with E-state index in [1.54, 1.807) is 0 Å². The van der Waals surface area contributed by atoms with Crippen LogP contribution in [0.1, 0.15) is 0 Å². The minimum atomic E-state index is 1.24. The highest BCUT2D eigenvalue weighted by atomic mass is 15.1. The van der Waals surface area contributed by atoms with Crippen LogP contribution < -0.4 is 9.80 Å². The average Bonchev–Trinajstić information content (AvgIpc) is 2.27. The lowest BCUT2D eigenvalue weighted by Crippen LogP contribution is -2.09. The third-order valence-corrected chi connectivity index (χ3v) is 2.84. The third kappa shape index (κ3) is 1.96. The summed E-state index contributed by atoms with van der Waals surface area (Å²) in [4.78, 5) is 4.25. The van der Waals surface area contributed by atoms with Crippen molar-refractivity contribution in [3.05, 3.63) is 36.4 Å². The minimum Gasteiger partial charge on any atom is -0.378 e. The van der Waals surface area contributed by atoms with E-state index in [0.717, 1.165) is 0 Å². The van der Waals surface area contributed by atoms with Crippen LogP contribution in [0.2, 0.25) is 0 Å². The molecule has 0 bridgehead atoms. The Morgan fingerprint density at radius 2 is 1.00 bits per heavy atom. The van der Waals surface area contributed by atoms with Gasteiger partial charge in [0.2, 0.25) is 0 Å². The molecule has 0 saturated carbocycles. The summed E-state index contributed by atoms with van der Waals surface area (Å²) in [5.74, 6) is 0. The molecule has 0 aliphatic carbocycles. The van der Waals surface area contributed by atoms with Crippen LogP contribution >= 0.6 is 0 Å².